The Morgan fingerprint density at radius 3 is 2.00 bits per heavy atom. The lowest BCUT2D eigenvalue weighted by Crippen LogP contribution is -2.04. The van der Waals surface area contributed by atoms with Crippen LogP contribution in [-0.2, 0) is 4.74 Å². The Morgan fingerprint density at radius 2 is 1.55 bits per heavy atom. The number of carbonyl (C=O) groups is 2. The van der Waals surface area contributed by atoms with Gasteiger partial charge in [0.15, 0.2) is 0 Å². The van der Waals surface area contributed by atoms with E-state index in [0.29, 0.717) is 16.8 Å². The standard InChI is InChI=1S/C8H9NO2.C7H6O2/c1-11-8(10)6-4-2-3-5-7(6)9;8-7(9)6-4-2-1-3-5-6/h2-5H,9H2,1H3;1-5H,(H,8,9). The molecular formula is C15H15NO4. The number of methoxy groups -OCH3 is 1. The average Bonchev–Trinajstić information content (AvgIpc) is 2.48. The number of carbonyl (C=O) groups excluding carboxylic acids is 1. The number of carboxylic acids is 1. The summed E-state index contributed by atoms with van der Waals surface area (Å²) in [5, 5.41) is 8.38. The van der Waals surface area contributed by atoms with E-state index in [1.807, 2.05) is 0 Å². The molecule has 0 heterocycles. The zero-order chi connectivity index (χ0) is 15.0. The van der Waals surface area contributed by atoms with E-state index in [-0.39, 0.29) is 0 Å². The highest BCUT2D eigenvalue weighted by Gasteiger charge is 2.06. The van der Waals surface area contributed by atoms with Gasteiger partial charge in [-0.2, -0.15) is 0 Å². The van der Waals surface area contributed by atoms with Crippen molar-refractivity contribution in [1.82, 2.24) is 0 Å². The van der Waals surface area contributed by atoms with E-state index in [1.165, 1.54) is 7.11 Å². The fraction of sp³-hybridized carbons (Fsp3) is 0.0667. The molecule has 0 aliphatic carbocycles. The predicted octanol–water partition coefficient (Wildman–Crippen LogP) is 2.44. The first-order chi connectivity index (χ1) is 9.56. The minimum Gasteiger partial charge on any atom is -0.478 e. The Morgan fingerprint density at radius 1 is 1.00 bits per heavy atom. The number of aromatic carboxylic acids is 1. The molecule has 0 aromatic heterocycles. The number of esters is 1. The van der Waals surface area contributed by atoms with Gasteiger partial charge in [0.25, 0.3) is 0 Å². The molecule has 0 amide bonds. The summed E-state index contributed by atoms with van der Waals surface area (Å²) in [5.41, 5.74) is 6.68. The summed E-state index contributed by atoms with van der Waals surface area (Å²) in [5.74, 6) is -1.28. The quantitative estimate of drug-likeness (QED) is 0.648. The molecule has 104 valence electrons. The van der Waals surface area contributed by atoms with Gasteiger partial charge in [0.2, 0.25) is 0 Å². The van der Waals surface area contributed by atoms with Crippen molar-refractivity contribution in [1.29, 1.82) is 0 Å². The number of nitrogens with two attached hydrogens (primary N) is 1. The molecule has 3 N–H and O–H groups in total. The average molecular weight is 273 g/mol. The number of rotatable bonds is 2. The van der Waals surface area contributed by atoms with Crippen LogP contribution in [0.4, 0.5) is 5.69 Å². The molecule has 0 aliphatic heterocycles. The molecule has 0 saturated heterocycles. The van der Waals surface area contributed by atoms with Crippen molar-refractivity contribution in [3.8, 4) is 0 Å². The zero-order valence-electron chi connectivity index (χ0n) is 10.9. The summed E-state index contributed by atoms with van der Waals surface area (Å²) >= 11 is 0. The molecule has 2 aromatic rings. The maximum Gasteiger partial charge on any atom is 0.339 e. The number of benzene rings is 2. The van der Waals surface area contributed by atoms with Crippen LogP contribution in [-0.4, -0.2) is 24.2 Å². The third-order valence-corrected chi connectivity index (χ3v) is 2.39. The van der Waals surface area contributed by atoms with Crippen molar-refractivity contribution in [2.45, 2.75) is 0 Å². The lowest BCUT2D eigenvalue weighted by Gasteiger charge is -2.00. The van der Waals surface area contributed by atoms with Gasteiger partial charge in [0.05, 0.1) is 18.2 Å². The zero-order valence-corrected chi connectivity index (χ0v) is 10.9. The van der Waals surface area contributed by atoms with Crippen LogP contribution in [0.15, 0.2) is 54.6 Å². The number of anilines is 1. The van der Waals surface area contributed by atoms with Crippen molar-refractivity contribution in [3.05, 3.63) is 65.7 Å². The van der Waals surface area contributed by atoms with Gasteiger partial charge in [0.1, 0.15) is 0 Å². The van der Waals surface area contributed by atoms with Crippen LogP contribution < -0.4 is 5.73 Å². The summed E-state index contributed by atoms with van der Waals surface area (Å²) in [6, 6.07) is 15.1. The van der Waals surface area contributed by atoms with Crippen LogP contribution in [0, 0.1) is 0 Å². The monoisotopic (exact) mass is 273 g/mol. The molecule has 5 heteroatoms. The van der Waals surface area contributed by atoms with Crippen molar-refractivity contribution in [3.63, 3.8) is 0 Å². The fourth-order valence-electron chi connectivity index (χ4n) is 1.37. The largest absolute Gasteiger partial charge is 0.478 e. The molecule has 0 aliphatic rings. The van der Waals surface area contributed by atoms with E-state index >= 15 is 0 Å². The van der Waals surface area contributed by atoms with Gasteiger partial charge in [-0.1, -0.05) is 30.3 Å². The number of ether oxygens (including phenoxy) is 1. The Hall–Kier alpha value is -2.82. The first-order valence-corrected chi connectivity index (χ1v) is 5.77. The summed E-state index contributed by atoms with van der Waals surface area (Å²) < 4.78 is 4.50. The van der Waals surface area contributed by atoms with Crippen molar-refractivity contribution >= 4 is 17.6 Å². The first-order valence-electron chi connectivity index (χ1n) is 5.77. The van der Waals surface area contributed by atoms with Gasteiger partial charge < -0.3 is 15.6 Å². The molecule has 20 heavy (non-hydrogen) atoms. The molecule has 0 bridgehead atoms. The summed E-state index contributed by atoms with van der Waals surface area (Å²) in [6.45, 7) is 0. The van der Waals surface area contributed by atoms with Gasteiger partial charge in [-0.05, 0) is 24.3 Å². The molecular weight excluding hydrogens is 258 g/mol. The topological polar surface area (TPSA) is 89.6 Å². The minimum atomic E-state index is -0.879. The predicted molar refractivity (Wildman–Crippen MR) is 75.6 cm³/mol. The summed E-state index contributed by atoms with van der Waals surface area (Å²) in [4.78, 5) is 21.1. The third kappa shape index (κ3) is 4.45. The van der Waals surface area contributed by atoms with Gasteiger partial charge in [-0.3, -0.25) is 0 Å². The number of carboxylic acid groups (broad SMARTS) is 1. The van der Waals surface area contributed by atoms with Crippen LogP contribution >= 0.6 is 0 Å². The number of para-hydroxylation sites is 1. The Balaban J connectivity index is 0.000000204. The molecule has 5 nitrogen and oxygen atoms in total. The number of hydrogen-bond donors (Lipinski definition) is 2. The van der Waals surface area contributed by atoms with Crippen molar-refractivity contribution in [2.75, 3.05) is 12.8 Å². The van der Waals surface area contributed by atoms with Crippen molar-refractivity contribution < 1.29 is 19.4 Å². The highest BCUT2D eigenvalue weighted by atomic mass is 16.5. The third-order valence-electron chi connectivity index (χ3n) is 2.39. The van der Waals surface area contributed by atoms with E-state index in [2.05, 4.69) is 4.74 Å². The number of hydrogen-bond acceptors (Lipinski definition) is 4. The normalized spacial score (nSPS) is 9.05. The van der Waals surface area contributed by atoms with Crippen LogP contribution in [0.3, 0.4) is 0 Å². The molecule has 0 unspecified atom stereocenters. The molecule has 2 rings (SSSR count). The molecule has 0 spiro atoms. The van der Waals surface area contributed by atoms with E-state index in [4.69, 9.17) is 10.8 Å². The van der Waals surface area contributed by atoms with Crippen LogP contribution in [0.1, 0.15) is 20.7 Å². The van der Waals surface area contributed by atoms with E-state index in [9.17, 15) is 9.59 Å². The first kappa shape index (κ1) is 15.2. The summed E-state index contributed by atoms with van der Waals surface area (Å²) in [6.07, 6.45) is 0. The van der Waals surface area contributed by atoms with Crippen LogP contribution in [0.5, 0.6) is 0 Å². The van der Waals surface area contributed by atoms with E-state index < -0.39 is 11.9 Å². The van der Waals surface area contributed by atoms with E-state index in [1.54, 1.807) is 54.6 Å². The van der Waals surface area contributed by atoms with Crippen LogP contribution in [0.2, 0.25) is 0 Å². The van der Waals surface area contributed by atoms with Gasteiger partial charge >= 0.3 is 11.9 Å². The van der Waals surface area contributed by atoms with Crippen molar-refractivity contribution in [2.24, 2.45) is 0 Å². The highest BCUT2D eigenvalue weighted by molar-refractivity contribution is 5.94. The second-order valence-electron chi connectivity index (χ2n) is 3.75. The number of nitrogen functional groups attached to an aromatic ring is 1. The molecule has 0 radical (unpaired) electrons. The summed E-state index contributed by atoms with van der Waals surface area (Å²) in [7, 11) is 1.33. The second kappa shape index (κ2) is 7.58. The molecule has 0 atom stereocenters. The Labute approximate surface area is 116 Å². The smallest absolute Gasteiger partial charge is 0.339 e. The van der Waals surface area contributed by atoms with Gasteiger partial charge in [-0.25, -0.2) is 9.59 Å². The Bertz CT molecular complexity index is 581. The molecule has 0 saturated carbocycles. The lowest BCUT2D eigenvalue weighted by molar-refractivity contribution is 0.0601. The van der Waals surface area contributed by atoms with Gasteiger partial charge in [0, 0.05) is 5.69 Å². The van der Waals surface area contributed by atoms with Gasteiger partial charge in [-0.15, -0.1) is 0 Å². The maximum absolute atomic E-state index is 10.9. The minimum absolute atomic E-state index is 0.331. The molecule has 2 aromatic carbocycles. The highest BCUT2D eigenvalue weighted by Crippen LogP contribution is 2.10. The SMILES string of the molecule is COC(=O)c1ccccc1N.O=C(O)c1ccccc1. The maximum atomic E-state index is 10.9. The van der Waals surface area contributed by atoms with Crippen LogP contribution in [0.25, 0.3) is 0 Å². The lowest BCUT2D eigenvalue weighted by atomic mass is 10.2. The second-order valence-corrected chi connectivity index (χ2v) is 3.75. The Kier molecular flexibility index (Phi) is 5.77. The van der Waals surface area contributed by atoms with E-state index in [0.717, 1.165) is 0 Å². The molecule has 0 fully saturated rings. The fourth-order valence-corrected chi connectivity index (χ4v) is 1.37.